The fourth-order valence-electron chi connectivity index (χ4n) is 7.69. The second-order valence-electron chi connectivity index (χ2n) is 15.0. The topological polar surface area (TPSA) is 73.3 Å². The molecule has 0 aliphatic carbocycles. The molecule has 0 unspecified atom stereocenters. The SMILES string of the molecule is COc1ccc([C@@H]2CN(CCCC(C)(C)C)C[C@@]2(F)C(=O)N2CCC(c3ccc(C(F)(F)F)cc3N3CCC(C(=O)O)CC3)CC2)cc1. The number of anilines is 1. The first kappa shape index (κ1) is 36.0. The van der Waals surface area contributed by atoms with Crippen LogP contribution in [0.25, 0.3) is 0 Å². The number of methoxy groups -OCH3 is 1. The third-order valence-electron chi connectivity index (χ3n) is 10.5. The maximum absolute atomic E-state index is 17.3. The summed E-state index contributed by atoms with van der Waals surface area (Å²) in [6.45, 7) is 9.00. The zero-order valence-corrected chi connectivity index (χ0v) is 28.5. The van der Waals surface area contributed by atoms with E-state index in [4.69, 9.17) is 4.74 Å². The van der Waals surface area contributed by atoms with Crippen molar-refractivity contribution in [2.24, 2.45) is 11.3 Å². The van der Waals surface area contributed by atoms with Gasteiger partial charge < -0.3 is 19.6 Å². The van der Waals surface area contributed by atoms with E-state index in [2.05, 4.69) is 25.7 Å². The number of piperidine rings is 2. The van der Waals surface area contributed by atoms with Crippen molar-refractivity contribution in [2.45, 2.75) is 83.0 Å². The Hall–Kier alpha value is -3.34. The Morgan fingerprint density at radius 1 is 0.958 bits per heavy atom. The number of likely N-dealkylation sites (tertiary alicyclic amines) is 2. The van der Waals surface area contributed by atoms with Gasteiger partial charge in [0.25, 0.3) is 5.91 Å². The highest BCUT2D eigenvalue weighted by Crippen LogP contribution is 2.44. The molecule has 0 aromatic heterocycles. The Morgan fingerprint density at radius 2 is 1.60 bits per heavy atom. The van der Waals surface area contributed by atoms with Crippen LogP contribution in [0.5, 0.6) is 5.75 Å². The van der Waals surface area contributed by atoms with Gasteiger partial charge in [-0.05, 0) is 91.8 Å². The summed E-state index contributed by atoms with van der Waals surface area (Å²) < 4.78 is 63.9. The maximum Gasteiger partial charge on any atom is 0.416 e. The number of ether oxygens (including phenoxy) is 1. The fourth-order valence-corrected chi connectivity index (χ4v) is 7.69. The van der Waals surface area contributed by atoms with Crippen LogP contribution < -0.4 is 9.64 Å². The Labute approximate surface area is 281 Å². The second-order valence-corrected chi connectivity index (χ2v) is 15.0. The molecule has 0 saturated carbocycles. The lowest BCUT2D eigenvalue weighted by Gasteiger charge is -2.39. The van der Waals surface area contributed by atoms with Crippen molar-refractivity contribution in [3.8, 4) is 5.75 Å². The number of benzene rings is 2. The van der Waals surface area contributed by atoms with E-state index >= 15 is 4.39 Å². The van der Waals surface area contributed by atoms with Gasteiger partial charge in [0.15, 0.2) is 0 Å². The molecule has 5 rings (SSSR count). The van der Waals surface area contributed by atoms with Gasteiger partial charge in [-0.15, -0.1) is 0 Å². The number of aliphatic carboxylic acids is 1. The molecule has 11 heteroatoms. The first-order chi connectivity index (χ1) is 22.6. The lowest BCUT2D eigenvalue weighted by Crippen LogP contribution is -2.52. The molecule has 0 radical (unpaired) electrons. The van der Waals surface area contributed by atoms with Crippen LogP contribution in [-0.4, -0.2) is 85.4 Å². The molecule has 0 bridgehead atoms. The summed E-state index contributed by atoms with van der Waals surface area (Å²) in [4.78, 5) is 31.2. The summed E-state index contributed by atoms with van der Waals surface area (Å²) in [5, 5.41) is 9.42. The number of amides is 1. The van der Waals surface area contributed by atoms with E-state index in [1.165, 1.54) is 12.1 Å². The number of halogens is 4. The molecule has 3 saturated heterocycles. The number of nitrogens with zero attached hydrogens (tertiary/aromatic N) is 3. The molecule has 2 atom stereocenters. The van der Waals surface area contributed by atoms with Crippen molar-refractivity contribution in [1.82, 2.24) is 9.80 Å². The summed E-state index contributed by atoms with van der Waals surface area (Å²) in [6, 6.07) is 11.1. The van der Waals surface area contributed by atoms with Gasteiger partial charge in [0.2, 0.25) is 5.67 Å². The molecule has 2 aromatic rings. The average molecular weight is 676 g/mol. The van der Waals surface area contributed by atoms with Crippen molar-refractivity contribution in [3.63, 3.8) is 0 Å². The third kappa shape index (κ3) is 8.09. The van der Waals surface area contributed by atoms with Gasteiger partial charge in [0, 0.05) is 50.9 Å². The van der Waals surface area contributed by atoms with Gasteiger partial charge in [-0.25, -0.2) is 4.39 Å². The molecule has 7 nitrogen and oxygen atoms in total. The summed E-state index contributed by atoms with van der Waals surface area (Å²) >= 11 is 0. The largest absolute Gasteiger partial charge is 0.497 e. The molecule has 3 heterocycles. The number of carboxylic acid groups (broad SMARTS) is 1. The smallest absolute Gasteiger partial charge is 0.416 e. The van der Waals surface area contributed by atoms with Crippen molar-refractivity contribution in [2.75, 3.05) is 57.8 Å². The highest BCUT2D eigenvalue weighted by molar-refractivity contribution is 5.87. The van der Waals surface area contributed by atoms with Gasteiger partial charge >= 0.3 is 12.1 Å². The van der Waals surface area contributed by atoms with Crippen LogP contribution in [0.4, 0.5) is 23.2 Å². The van der Waals surface area contributed by atoms with Crippen LogP contribution in [0.15, 0.2) is 42.5 Å². The first-order valence-electron chi connectivity index (χ1n) is 17.1. The van der Waals surface area contributed by atoms with Crippen LogP contribution in [0.1, 0.15) is 87.8 Å². The van der Waals surface area contributed by atoms with Crippen molar-refractivity contribution in [1.29, 1.82) is 0 Å². The summed E-state index contributed by atoms with van der Waals surface area (Å²) in [5.74, 6) is -2.02. The van der Waals surface area contributed by atoms with Crippen molar-refractivity contribution in [3.05, 3.63) is 59.2 Å². The molecule has 48 heavy (non-hydrogen) atoms. The molecule has 2 aromatic carbocycles. The van der Waals surface area contributed by atoms with Crippen LogP contribution in [0.3, 0.4) is 0 Å². The fraction of sp³-hybridized carbons (Fsp3) is 0.622. The molecule has 0 spiro atoms. The van der Waals surface area contributed by atoms with Gasteiger partial charge in [-0.2, -0.15) is 13.2 Å². The molecule has 3 aliphatic heterocycles. The lowest BCUT2D eigenvalue weighted by atomic mass is 9.83. The summed E-state index contributed by atoms with van der Waals surface area (Å²) in [6.07, 6.45) is -0.917. The van der Waals surface area contributed by atoms with E-state index in [-0.39, 0.29) is 17.9 Å². The van der Waals surface area contributed by atoms with Crippen LogP contribution in [0, 0.1) is 11.3 Å². The minimum Gasteiger partial charge on any atom is -0.497 e. The van der Waals surface area contributed by atoms with Gasteiger partial charge in [-0.3, -0.25) is 14.5 Å². The molecule has 3 aliphatic rings. The van der Waals surface area contributed by atoms with E-state index in [0.29, 0.717) is 76.4 Å². The van der Waals surface area contributed by atoms with Gasteiger partial charge in [0.05, 0.1) is 18.6 Å². The zero-order valence-electron chi connectivity index (χ0n) is 28.5. The number of hydrogen-bond acceptors (Lipinski definition) is 5. The second kappa shape index (κ2) is 14.3. The van der Waals surface area contributed by atoms with E-state index < -0.39 is 41.1 Å². The normalized spacial score (nSPS) is 23.5. The van der Waals surface area contributed by atoms with E-state index in [1.807, 2.05) is 17.0 Å². The van der Waals surface area contributed by atoms with Crippen molar-refractivity contribution < 1.29 is 37.0 Å². The van der Waals surface area contributed by atoms with Gasteiger partial charge in [0.1, 0.15) is 5.75 Å². The van der Waals surface area contributed by atoms with Crippen LogP contribution in [-0.2, 0) is 15.8 Å². The maximum atomic E-state index is 17.3. The molecule has 1 N–H and O–H groups in total. The standard InChI is InChI=1S/C37H49F4N3O4/c1-35(2,3)16-5-17-42-23-31(26-6-9-29(48-4)10-7-26)36(38,24-42)34(47)44-20-12-25(13-21-44)30-11-8-28(37(39,40)41)22-32(30)43-18-14-27(15-19-43)33(45)46/h6-11,22,25,27,31H,5,12-21,23-24H2,1-4H3,(H,45,46)/t31-,36-/m0/s1. The number of carbonyl (C=O) groups excluding carboxylic acids is 1. The minimum absolute atomic E-state index is 0.0158. The number of alkyl halides is 4. The summed E-state index contributed by atoms with van der Waals surface area (Å²) in [7, 11) is 1.57. The van der Waals surface area contributed by atoms with E-state index in [1.54, 1.807) is 24.1 Å². The van der Waals surface area contributed by atoms with Crippen molar-refractivity contribution >= 4 is 17.6 Å². The average Bonchev–Trinajstić information content (AvgIpc) is 3.40. The van der Waals surface area contributed by atoms with Crippen LogP contribution >= 0.6 is 0 Å². The zero-order chi connectivity index (χ0) is 34.9. The Morgan fingerprint density at radius 3 is 2.17 bits per heavy atom. The monoisotopic (exact) mass is 675 g/mol. The lowest BCUT2D eigenvalue weighted by molar-refractivity contribution is -0.145. The highest BCUT2D eigenvalue weighted by Gasteiger charge is 2.55. The molecular formula is C37H49F4N3O4. The Balaban J connectivity index is 1.32. The van der Waals surface area contributed by atoms with Crippen LogP contribution in [0.2, 0.25) is 0 Å². The number of rotatable bonds is 9. The third-order valence-corrected chi connectivity index (χ3v) is 10.5. The van der Waals surface area contributed by atoms with Gasteiger partial charge in [-0.1, -0.05) is 39.0 Å². The highest BCUT2D eigenvalue weighted by atomic mass is 19.4. The Bertz CT molecular complexity index is 1430. The predicted molar refractivity (Wildman–Crippen MR) is 177 cm³/mol. The summed E-state index contributed by atoms with van der Waals surface area (Å²) in [5.41, 5.74) is -0.712. The Kier molecular flexibility index (Phi) is 10.7. The molecule has 3 fully saturated rings. The van der Waals surface area contributed by atoms with E-state index in [0.717, 1.165) is 30.0 Å². The minimum atomic E-state index is -4.51. The molecular weight excluding hydrogens is 626 g/mol. The number of carbonyl (C=O) groups is 2. The predicted octanol–water partition coefficient (Wildman–Crippen LogP) is 7.36. The van der Waals surface area contributed by atoms with E-state index in [9.17, 15) is 27.9 Å². The molecule has 264 valence electrons. The first-order valence-corrected chi connectivity index (χ1v) is 17.1. The quantitative estimate of drug-likeness (QED) is 0.280. The number of hydrogen-bond donors (Lipinski definition) is 1. The molecule has 1 amide bonds. The number of carboxylic acids is 1.